The summed E-state index contributed by atoms with van der Waals surface area (Å²) in [5.74, 6) is -0.691. The average Bonchev–Trinajstić information content (AvgIpc) is 3.18. The van der Waals surface area contributed by atoms with E-state index < -0.39 is 23.3 Å². The van der Waals surface area contributed by atoms with Crippen molar-refractivity contribution in [3.8, 4) is 0 Å². The predicted octanol–water partition coefficient (Wildman–Crippen LogP) is 2.61. The van der Waals surface area contributed by atoms with Gasteiger partial charge in [0, 0.05) is 17.7 Å². The SMILES string of the molecule is O=C1CN(Cc2ccccc2)C(=O)[C@@]23NC(=S)O[C@]2(c2ccccc2)[C@@H](O)c2ccccc2N13. The van der Waals surface area contributed by atoms with Crippen LogP contribution in [-0.4, -0.2) is 39.2 Å². The summed E-state index contributed by atoms with van der Waals surface area (Å²) >= 11 is 5.44. The number of para-hydroxylation sites is 1. The first-order valence-corrected chi connectivity index (χ1v) is 11.4. The topological polar surface area (TPSA) is 82.1 Å². The molecule has 7 nitrogen and oxygen atoms in total. The Morgan fingerprint density at radius 1 is 0.971 bits per heavy atom. The highest BCUT2D eigenvalue weighted by atomic mass is 32.1. The van der Waals surface area contributed by atoms with Gasteiger partial charge >= 0.3 is 0 Å². The highest BCUT2D eigenvalue weighted by Gasteiger charge is 2.77. The van der Waals surface area contributed by atoms with Gasteiger partial charge in [0.05, 0.1) is 5.69 Å². The molecular formula is C26H21N3O4S. The molecule has 1 spiro atoms. The molecule has 3 aromatic carbocycles. The molecule has 0 aromatic heterocycles. The predicted molar refractivity (Wildman–Crippen MR) is 128 cm³/mol. The molecule has 170 valence electrons. The van der Waals surface area contributed by atoms with Crippen LogP contribution >= 0.6 is 12.2 Å². The van der Waals surface area contributed by atoms with Gasteiger partial charge in [-0.25, -0.2) is 0 Å². The van der Waals surface area contributed by atoms with Crippen LogP contribution in [-0.2, 0) is 26.5 Å². The molecule has 3 aromatic rings. The number of carbonyl (C=O) groups is 2. The van der Waals surface area contributed by atoms with Gasteiger partial charge < -0.3 is 20.1 Å². The largest absolute Gasteiger partial charge is 0.451 e. The second-order valence-electron chi connectivity index (χ2n) is 8.66. The van der Waals surface area contributed by atoms with Crippen molar-refractivity contribution < 1.29 is 19.4 Å². The van der Waals surface area contributed by atoms with Crippen LogP contribution in [0.25, 0.3) is 0 Å². The maximum atomic E-state index is 14.4. The summed E-state index contributed by atoms with van der Waals surface area (Å²) in [6.45, 7) is 0.122. The van der Waals surface area contributed by atoms with Crippen molar-refractivity contribution in [1.82, 2.24) is 10.2 Å². The van der Waals surface area contributed by atoms with Crippen LogP contribution < -0.4 is 10.2 Å². The highest BCUT2D eigenvalue weighted by Crippen LogP contribution is 2.59. The van der Waals surface area contributed by atoms with Crippen LogP contribution in [0.4, 0.5) is 5.69 Å². The minimum absolute atomic E-state index is 0.0524. The van der Waals surface area contributed by atoms with Gasteiger partial charge in [0.25, 0.3) is 11.1 Å². The number of aliphatic hydroxyl groups excluding tert-OH is 1. The fourth-order valence-corrected chi connectivity index (χ4v) is 5.77. The van der Waals surface area contributed by atoms with E-state index in [2.05, 4.69) is 5.32 Å². The molecule has 2 amide bonds. The molecule has 3 heterocycles. The number of hydrogen-bond acceptors (Lipinski definition) is 5. The van der Waals surface area contributed by atoms with Gasteiger partial charge in [0.15, 0.2) is 0 Å². The molecule has 0 aliphatic carbocycles. The number of nitrogens with zero attached hydrogens (tertiary/aromatic N) is 2. The summed E-state index contributed by atoms with van der Waals surface area (Å²) in [5, 5.41) is 14.8. The summed E-state index contributed by atoms with van der Waals surface area (Å²) in [7, 11) is 0. The number of benzene rings is 3. The number of rotatable bonds is 3. The fraction of sp³-hybridized carbons (Fsp3) is 0.192. The Labute approximate surface area is 201 Å². The van der Waals surface area contributed by atoms with Gasteiger partial charge in [-0.2, -0.15) is 0 Å². The first-order valence-electron chi connectivity index (χ1n) is 11.0. The van der Waals surface area contributed by atoms with Crippen molar-refractivity contribution in [2.45, 2.75) is 23.9 Å². The number of carbonyl (C=O) groups excluding carboxylic acids is 2. The maximum absolute atomic E-state index is 14.4. The molecule has 0 unspecified atom stereocenters. The van der Waals surface area contributed by atoms with E-state index in [9.17, 15) is 14.7 Å². The van der Waals surface area contributed by atoms with E-state index in [0.717, 1.165) is 5.56 Å². The molecule has 2 N–H and O–H groups in total. The van der Waals surface area contributed by atoms with Crippen LogP contribution in [0.5, 0.6) is 0 Å². The number of piperazine rings is 1. The molecule has 0 radical (unpaired) electrons. The smallest absolute Gasteiger partial charge is 0.275 e. The normalized spacial score (nSPS) is 27.4. The second-order valence-corrected chi connectivity index (χ2v) is 9.03. The first kappa shape index (κ1) is 20.8. The molecule has 6 rings (SSSR count). The van der Waals surface area contributed by atoms with Crippen LogP contribution in [0, 0.1) is 0 Å². The zero-order chi connectivity index (χ0) is 23.5. The number of thiocarbonyl (C=S) groups is 1. The van der Waals surface area contributed by atoms with E-state index in [4.69, 9.17) is 17.0 Å². The summed E-state index contributed by atoms with van der Waals surface area (Å²) in [6.07, 6.45) is -1.27. The van der Waals surface area contributed by atoms with Gasteiger partial charge in [-0.15, -0.1) is 0 Å². The summed E-state index contributed by atoms with van der Waals surface area (Å²) < 4.78 is 6.21. The summed E-state index contributed by atoms with van der Waals surface area (Å²) in [6, 6.07) is 25.5. The Morgan fingerprint density at radius 3 is 2.35 bits per heavy atom. The molecule has 34 heavy (non-hydrogen) atoms. The lowest BCUT2D eigenvalue weighted by Crippen LogP contribution is -2.81. The van der Waals surface area contributed by atoms with Crippen LogP contribution in [0.2, 0.25) is 0 Å². The van der Waals surface area contributed by atoms with Crippen LogP contribution in [0.15, 0.2) is 84.9 Å². The molecule has 2 fully saturated rings. The number of amides is 2. The van der Waals surface area contributed by atoms with Crippen LogP contribution in [0.3, 0.4) is 0 Å². The van der Waals surface area contributed by atoms with E-state index >= 15 is 0 Å². The molecular weight excluding hydrogens is 450 g/mol. The third kappa shape index (κ3) is 2.58. The number of ether oxygens (including phenoxy) is 1. The van der Waals surface area contributed by atoms with Crippen molar-refractivity contribution in [3.63, 3.8) is 0 Å². The number of anilines is 1. The Morgan fingerprint density at radius 2 is 1.62 bits per heavy atom. The highest BCUT2D eigenvalue weighted by molar-refractivity contribution is 7.80. The Hall–Kier alpha value is -3.75. The molecule has 8 heteroatoms. The zero-order valence-corrected chi connectivity index (χ0v) is 18.9. The Balaban J connectivity index is 1.62. The van der Waals surface area contributed by atoms with Crippen molar-refractivity contribution in [2.75, 3.05) is 11.4 Å². The van der Waals surface area contributed by atoms with Gasteiger partial charge in [-0.1, -0.05) is 78.9 Å². The lowest BCUT2D eigenvalue weighted by atomic mass is 9.69. The van der Waals surface area contributed by atoms with E-state index in [0.29, 0.717) is 16.8 Å². The monoisotopic (exact) mass is 471 g/mol. The minimum atomic E-state index is -1.79. The number of hydrogen-bond donors (Lipinski definition) is 2. The van der Waals surface area contributed by atoms with Gasteiger partial charge in [-0.3, -0.25) is 14.5 Å². The molecule has 0 saturated carbocycles. The van der Waals surface area contributed by atoms with Crippen molar-refractivity contribution in [3.05, 3.63) is 102 Å². The lowest BCUT2D eigenvalue weighted by molar-refractivity contribution is -0.169. The standard InChI is InChI=1S/C26H21N3O4S/c30-21-16-28(15-17-9-3-1-4-10-17)23(32)26-25(33-24(34)27-26,18-11-5-2-6-12-18)22(31)19-13-7-8-14-20(19)29(21)26/h1-14,22,31H,15-16H2,(H,27,34)/t22-,25+,26-/m0/s1. The van der Waals surface area contributed by atoms with E-state index in [1.807, 2.05) is 36.4 Å². The average molecular weight is 472 g/mol. The van der Waals surface area contributed by atoms with Crippen molar-refractivity contribution in [1.29, 1.82) is 0 Å². The third-order valence-corrected chi connectivity index (χ3v) is 7.04. The number of aliphatic hydroxyl groups is 1. The molecule has 3 aliphatic rings. The third-order valence-electron chi connectivity index (χ3n) is 6.86. The molecule has 3 atom stereocenters. The quantitative estimate of drug-likeness (QED) is 0.572. The molecule has 3 aliphatic heterocycles. The van der Waals surface area contributed by atoms with Crippen molar-refractivity contribution in [2.24, 2.45) is 0 Å². The Kier molecular flexibility index (Phi) is 4.52. The maximum Gasteiger partial charge on any atom is 0.275 e. The molecule has 2 saturated heterocycles. The fourth-order valence-electron chi connectivity index (χ4n) is 5.49. The van der Waals surface area contributed by atoms with Crippen LogP contribution in [0.1, 0.15) is 22.8 Å². The van der Waals surface area contributed by atoms with Gasteiger partial charge in [-0.05, 0) is 23.8 Å². The second kappa shape index (κ2) is 7.38. The van der Waals surface area contributed by atoms with E-state index in [-0.39, 0.29) is 24.2 Å². The van der Waals surface area contributed by atoms with Gasteiger partial charge in [0.2, 0.25) is 17.2 Å². The molecule has 0 bridgehead atoms. The van der Waals surface area contributed by atoms with Crippen molar-refractivity contribution >= 4 is 34.9 Å². The zero-order valence-electron chi connectivity index (χ0n) is 18.0. The number of nitrogens with one attached hydrogen (secondary N) is 1. The number of fused-ring (bicyclic) bond motifs is 2. The van der Waals surface area contributed by atoms with E-state index in [1.165, 1.54) is 9.80 Å². The van der Waals surface area contributed by atoms with E-state index in [1.54, 1.807) is 48.5 Å². The van der Waals surface area contributed by atoms with Gasteiger partial charge in [0.1, 0.15) is 12.6 Å². The minimum Gasteiger partial charge on any atom is -0.451 e. The summed E-state index contributed by atoms with van der Waals surface area (Å²) in [4.78, 5) is 31.1. The lowest BCUT2D eigenvalue weighted by Gasteiger charge is -2.57. The summed E-state index contributed by atoms with van der Waals surface area (Å²) in [5.41, 5.74) is -1.09. The Bertz CT molecular complexity index is 1320. The first-order chi connectivity index (χ1) is 16.5.